The highest BCUT2D eigenvalue weighted by Crippen LogP contribution is 2.45. The van der Waals surface area contributed by atoms with Gasteiger partial charge in [0.1, 0.15) is 5.82 Å². The van der Waals surface area contributed by atoms with Crippen molar-refractivity contribution in [2.24, 2.45) is 0 Å². The maximum Gasteiger partial charge on any atom is 0.235 e. The van der Waals surface area contributed by atoms with Crippen LogP contribution in [0.5, 0.6) is 0 Å². The summed E-state index contributed by atoms with van der Waals surface area (Å²) in [5, 5.41) is 3.68. The molecule has 0 heterocycles. The summed E-state index contributed by atoms with van der Waals surface area (Å²) in [6.07, 6.45) is 2.44. The first-order valence-electron chi connectivity index (χ1n) is 7.04. The van der Waals surface area contributed by atoms with Crippen LogP contribution in [0.15, 0.2) is 42.5 Å². The molecule has 0 aromatic heterocycles. The highest BCUT2D eigenvalue weighted by Gasteiger charge is 2.45. The third-order valence-corrected chi connectivity index (χ3v) is 4.70. The van der Waals surface area contributed by atoms with Crippen molar-refractivity contribution in [1.29, 1.82) is 0 Å². The molecule has 3 rings (SSSR count). The van der Waals surface area contributed by atoms with Crippen LogP contribution >= 0.6 is 23.2 Å². The molecule has 1 saturated carbocycles. The van der Waals surface area contributed by atoms with Crippen LogP contribution in [0.4, 0.5) is 10.1 Å². The van der Waals surface area contributed by atoms with E-state index in [4.69, 9.17) is 23.2 Å². The Kier molecular flexibility index (Phi) is 4.11. The molecule has 2 nitrogen and oxygen atoms in total. The second-order valence-corrected chi connectivity index (χ2v) is 6.39. The van der Waals surface area contributed by atoms with E-state index in [1.165, 1.54) is 18.2 Å². The molecular weight excluding hydrogens is 324 g/mol. The van der Waals surface area contributed by atoms with Crippen molar-refractivity contribution in [3.63, 3.8) is 0 Å². The van der Waals surface area contributed by atoms with Crippen molar-refractivity contribution < 1.29 is 9.18 Å². The van der Waals surface area contributed by atoms with Gasteiger partial charge in [0.25, 0.3) is 0 Å². The Labute approximate surface area is 138 Å². The monoisotopic (exact) mass is 337 g/mol. The fraction of sp³-hybridized carbons (Fsp3) is 0.235. The first-order valence-corrected chi connectivity index (χ1v) is 7.79. The van der Waals surface area contributed by atoms with Crippen LogP contribution in [0, 0.1) is 5.82 Å². The van der Waals surface area contributed by atoms with Crippen molar-refractivity contribution in [2.75, 3.05) is 5.32 Å². The SMILES string of the molecule is O=C(Nc1cc(Cl)ccc1F)C1(c2ccc(Cl)cc2)CCC1. The fourth-order valence-electron chi connectivity index (χ4n) is 2.78. The van der Waals surface area contributed by atoms with E-state index >= 15 is 0 Å². The summed E-state index contributed by atoms with van der Waals surface area (Å²) in [6.45, 7) is 0. The first-order chi connectivity index (χ1) is 10.5. The van der Waals surface area contributed by atoms with Gasteiger partial charge in [-0.2, -0.15) is 0 Å². The largest absolute Gasteiger partial charge is 0.323 e. The highest BCUT2D eigenvalue weighted by molar-refractivity contribution is 6.31. The van der Waals surface area contributed by atoms with Gasteiger partial charge in [0.05, 0.1) is 11.1 Å². The van der Waals surface area contributed by atoms with Gasteiger partial charge in [-0.25, -0.2) is 4.39 Å². The fourth-order valence-corrected chi connectivity index (χ4v) is 3.08. The number of carbonyl (C=O) groups is 1. The number of hydrogen-bond acceptors (Lipinski definition) is 1. The van der Waals surface area contributed by atoms with Gasteiger partial charge in [-0.05, 0) is 48.7 Å². The van der Waals surface area contributed by atoms with E-state index in [-0.39, 0.29) is 11.6 Å². The molecule has 5 heteroatoms. The van der Waals surface area contributed by atoms with Crippen molar-refractivity contribution in [3.8, 4) is 0 Å². The molecule has 114 valence electrons. The van der Waals surface area contributed by atoms with E-state index in [9.17, 15) is 9.18 Å². The molecule has 0 bridgehead atoms. The third kappa shape index (κ3) is 2.71. The zero-order valence-corrected chi connectivity index (χ0v) is 13.2. The Bertz CT molecular complexity index is 711. The number of rotatable bonds is 3. The van der Waals surface area contributed by atoms with E-state index in [1.54, 1.807) is 12.1 Å². The maximum atomic E-state index is 13.8. The predicted octanol–water partition coefficient (Wildman–Crippen LogP) is 5.19. The highest BCUT2D eigenvalue weighted by atomic mass is 35.5. The van der Waals surface area contributed by atoms with E-state index in [2.05, 4.69) is 5.32 Å². The Hall–Kier alpha value is -1.58. The number of benzene rings is 2. The summed E-state index contributed by atoms with van der Waals surface area (Å²) in [5.74, 6) is -0.703. The average molecular weight is 338 g/mol. The van der Waals surface area contributed by atoms with E-state index in [1.807, 2.05) is 12.1 Å². The molecule has 1 N–H and O–H groups in total. The summed E-state index contributed by atoms with van der Waals surface area (Å²) in [6, 6.07) is 11.4. The lowest BCUT2D eigenvalue weighted by Crippen LogP contribution is -2.46. The molecule has 1 fully saturated rings. The molecule has 2 aromatic rings. The minimum atomic E-state index is -0.612. The zero-order chi connectivity index (χ0) is 15.7. The molecule has 0 radical (unpaired) electrons. The van der Waals surface area contributed by atoms with Crippen molar-refractivity contribution in [1.82, 2.24) is 0 Å². The van der Waals surface area contributed by atoms with Crippen molar-refractivity contribution >= 4 is 34.8 Å². The third-order valence-electron chi connectivity index (χ3n) is 4.22. The molecule has 1 amide bonds. The number of hydrogen-bond donors (Lipinski definition) is 1. The summed E-state index contributed by atoms with van der Waals surface area (Å²) < 4.78 is 13.8. The molecule has 0 unspecified atom stereocenters. The van der Waals surface area contributed by atoms with Gasteiger partial charge in [-0.3, -0.25) is 4.79 Å². The van der Waals surface area contributed by atoms with E-state index in [0.29, 0.717) is 10.0 Å². The molecule has 1 aliphatic rings. The molecule has 0 spiro atoms. The lowest BCUT2D eigenvalue weighted by molar-refractivity contribution is -0.124. The predicted molar refractivity (Wildman–Crippen MR) is 87.0 cm³/mol. The lowest BCUT2D eigenvalue weighted by atomic mass is 9.64. The minimum absolute atomic E-state index is 0.109. The van der Waals surface area contributed by atoms with Gasteiger partial charge in [0, 0.05) is 10.0 Å². The van der Waals surface area contributed by atoms with Crippen LogP contribution < -0.4 is 5.32 Å². The summed E-state index contributed by atoms with van der Waals surface area (Å²) in [7, 11) is 0. The number of carbonyl (C=O) groups excluding carboxylic acids is 1. The van der Waals surface area contributed by atoms with Crippen LogP contribution in [0.25, 0.3) is 0 Å². The van der Waals surface area contributed by atoms with Crippen LogP contribution in [0.2, 0.25) is 10.0 Å². The first kappa shape index (κ1) is 15.3. The number of halogens is 3. The van der Waals surface area contributed by atoms with E-state index in [0.717, 1.165) is 24.8 Å². The number of anilines is 1. The quantitative estimate of drug-likeness (QED) is 0.819. The Morgan fingerprint density at radius 1 is 1.05 bits per heavy atom. The number of nitrogens with one attached hydrogen (secondary N) is 1. The molecule has 0 aliphatic heterocycles. The normalized spacial score (nSPS) is 16.0. The van der Waals surface area contributed by atoms with Crippen molar-refractivity contribution in [2.45, 2.75) is 24.7 Å². The second kappa shape index (κ2) is 5.90. The lowest BCUT2D eigenvalue weighted by Gasteiger charge is -2.40. The van der Waals surface area contributed by atoms with E-state index < -0.39 is 11.2 Å². The molecular formula is C17H14Cl2FNO. The maximum absolute atomic E-state index is 13.8. The topological polar surface area (TPSA) is 29.1 Å². The molecule has 2 aromatic carbocycles. The molecule has 1 aliphatic carbocycles. The summed E-state index contributed by atoms with van der Waals surface area (Å²) >= 11 is 11.8. The Morgan fingerprint density at radius 2 is 1.68 bits per heavy atom. The Balaban J connectivity index is 1.89. The van der Waals surface area contributed by atoms with Crippen LogP contribution in [-0.2, 0) is 10.2 Å². The van der Waals surface area contributed by atoms with Gasteiger partial charge in [-0.1, -0.05) is 41.8 Å². The molecule has 22 heavy (non-hydrogen) atoms. The van der Waals surface area contributed by atoms with Crippen LogP contribution in [0.3, 0.4) is 0 Å². The standard InChI is InChI=1S/C17H14Cl2FNO/c18-12-4-2-11(3-5-12)17(8-1-9-17)16(22)21-15-10-13(19)6-7-14(15)20/h2-7,10H,1,8-9H2,(H,21,22). The average Bonchev–Trinajstić information content (AvgIpc) is 2.44. The van der Waals surface area contributed by atoms with Gasteiger partial charge < -0.3 is 5.32 Å². The number of amides is 1. The van der Waals surface area contributed by atoms with Gasteiger partial charge in [0.2, 0.25) is 5.91 Å². The van der Waals surface area contributed by atoms with Gasteiger partial charge in [0.15, 0.2) is 0 Å². The smallest absolute Gasteiger partial charge is 0.235 e. The van der Waals surface area contributed by atoms with Gasteiger partial charge in [-0.15, -0.1) is 0 Å². The molecule has 0 atom stereocenters. The van der Waals surface area contributed by atoms with Crippen LogP contribution in [-0.4, -0.2) is 5.91 Å². The van der Waals surface area contributed by atoms with Crippen molar-refractivity contribution in [3.05, 3.63) is 63.9 Å². The van der Waals surface area contributed by atoms with Gasteiger partial charge >= 0.3 is 0 Å². The zero-order valence-electron chi connectivity index (χ0n) is 11.7. The summed E-state index contributed by atoms with van der Waals surface area (Å²) in [5.41, 5.74) is 0.403. The second-order valence-electron chi connectivity index (χ2n) is 5.52. The van der Waals surface area contributed by atoms with Crippen LogP contribution in [0.1, 0.15) is 24.8 Å². The Morgan fingerprint density at radius 3 is 2.27 bits per heavy atom. The summed E-state index contributed by atoms with van der Waals surface area (Å²) in [4.78, 5) is 12.7. The minimum Gasteiger partial charge on any atom is -0.323 e. The molecule has 0 saturated heterocycles.